The van der Waals surface area contributed by atoms with Crippen molar-refractivity contribution in [2.45, 2.75) is 33.2 Å². The third-order valence-electron chi connectivity index (χ3n) is 3.71. The summed E-state index contributed by atoms with van der Waals surface area (Å²) in [5.74, 6) is 0. The standard InChI is InChI=1S/C14H21ClN2/c1-14(2)5-7-17(8-6-14)10-11-9-12(15)3-4-13(11)16/h3-4,9H,5-8,10,16H2,1-2H3. The highest BCUT2D eigenvalue weighted by Crippen LogP contribution is 2.31. The highest BCUT2D eigenvalue weighted by molar-refractivity contribution is 6.30. The molecule has 0 atom stereocenters. The fourth-order valence-electron chi connectivity index (χ4n) is 2.27. The SMILES string of the molecule is CC1(C)CCN(Cc2cc(Cl)ccc2N)CC1. The molecular formula is C14H21ClN2. The number of nitrogens with zero attached hydrogens (tertiary/aromatic N) is 1. The van der Waals surface area contributed by atoms with Gasteiger partial charge in [0.05, 0.1) is 0 Å². The summed E-state index contributed by atoms with van der Waals surface area (Å²) in [7, 11) is 0. The van der Waals surface area contributed by atoms with Crippen LogP contribution in [0.25, 0.3) is 0 Å². The van der Waals surface area contributed by atoms with E-state index in [-0.39, 0.29) is 0 Å². The quantitative estimate of drug-likeness (QED) is 0.816. The Morgan fingerprint density at radius 3 is 2.59 bits per heavy atom. The van der Waals surface area contributed by atoms with Crippen molar-refractivity contribution in [3.63, 3.8) is 0 Å². The molecule has 2 N–H and O–H groups in total. The Morgan fingerprint density at radius 1 is 1.29 bits per heavy atom. The third-order valence-corrected chi connectivity index (χ3v) is 3.94. The van der Waals surface area contributed by atoms with Crippen molar-refractivity contribution in [1.29, 1.82) is 0 Å². The largest absolute Gasteiger partial charge is 0.398 e. The molecule has 1 saturated heterocycles. The van der Waals surface area contributed by atoms with Gasteiger partial charge in [0.2, 0.25) is 0 Å². The minimum atomic E-state index is 0.496. The van der Waals surface area contributed by atoms with Gasteiger partial charge in [-0.15, -0.1) is 0 Å². The summed E-state index contributed by atoms with van der Waals surface area (Å²) in [4.78, 5) is 2.47. The molecule has 0 spiro atoms. The van der Waals surface area contributed by atoms with Crippen molar-refractivity contribution in [3.05, 3.63) is 28.8 Å². The Hall–Kier alpha value is -0.730. The second-order valence-corrected chi connectivity index (χ2v) is 6.22. The van der Waals surface area contributed by atoms with Gasteiger partial charge in [0.1, 0.15) is 0 Å². The summed E-state index contributed by atoms with van der Waals surface area (Å²) >= 11 is 6.01. The first-order chi connectivity index (χ1) is 7.96. The molecule has 1 heterocycles. The first kappa shape index (κ1) is 12.7. The zero-order valence-electron chi connectivity index (χ0n) is 10.7. The van der Waals surface area contributed by atoms with Crippen molar-refractivity contribution < 1.29 is 0 Å². The summed E-state index contributed by atoms with van der Waals surface area (Å²) in [6.45, 7) is 7.91. The van der Waals surface area contributed by atoms with E-state index in [1.807, 2.05) is 18.2 Å². The predicted molar refractivity (Wildman–Crippen MR) is 74.2 cm³/mol. The lowest BCUT2D eigenvalue weighted by Crippen LogP contribution is -2.36. The van der Waals surface area contributed by atoms with Crippen LogP contribution >= 0.6 is 11.6 Å². The molecule has 1 fully saturated rings. The fraction of sp³-hybridized carbons (Fsp3) is 0.571. The first-order valence-corrected chi connectivity index (χ1v) is 6.60. The van der Waals surface area contributed by atoms with Crippen LogP contribution in [0.1, 0.15) is 32.3 Å². The van der Waals surface area contributed by atoms with Crippen LogP contribution in [0.5, 0.6) is 0 Å². The molecule has 94 valence electrons. The predicted octanol–water partition coefficient (Wildman–Crippen LogP) is 3.54. The number of hydrogen-bond donors (Lipinski definition) is 1. The second-order valence-electron chi connectivity index (χ2n) is 5.78. The number of hydrogen-bond acceptors (Lipinski definition) is 2. The number of anilines is 1. The van der Waals surface area contributed by atoms with Crippen LogP contribution in [0.15, 0.2) is 18.2 Å². The summed E-state index contributed by atoms with van der Waals surface area (Å²) < 4.78 is 0. The molecular weight excluding hydrogens is 232 g/mol. The van der Waals surface area contributed by atoms with E-state index in [0.29, 0.717) is 5.41 Å². The van der Waals surface area contributed by atoms with Gasteiger partial charge < -0.3 is 5.73 Å². The molecule has 1 aromatic rings. The van der Waals surface area contributed by atoms with E-state index in [9.17, 15) is 0 Å². The zero-order chi connectivity index (χ0) is 12.5. The van der Waals surface area contributed by atoms with E-state index in [2.05, 4.69) is 18.7 Å². The lowest BCUT2D eigenvalue weighted by Gasteiger charge is -2.37. The molecule has 1 aromatic carbocycles. The summed E-state index contributed by atoms with van der Waals surface area (Å²) in [5, 5.41) is 0.770. The maximum absolute atomic E-state index is 6.01. The Morgan fingerprint density at radius 2 is 1.94 bits per heavy atom. The smallest absolute Gasteiger partial charge is 0.0410 e. The van der Waals surface area contributed by atoms with Gasteiger partial charge in [-0.2, -0.15) is 0 Å². The lowest BCUT2D eigenvalue weighted by molar-refractivity contribution is 0.127. The molecule has 2 rings (SSSR count). The van der Waals surface area contributed by atoms with E-state index < -0.39 is 0 Å². The normalized spacial score (nSPS) is 20.4. The van der Waals surface area contributed by atoms with Crippen LogP contribution < -0.4 is 5.73 Å². The molecule has 0 unspecified atom stereocenters. The van der Waals surface area contributed by atoms with E-state index in [1.165, 1.54) is 12.8 Å². The minimum Gasteiger partial charge on any atom is -0.398 e. The van der Waals surface area contributed by atoms with Gasteiger partial charge in [0.25, 0.3) is 0 Å². The van der Waals surface area contributed by atoms with E-state index in [0.717, 1.165) is 35.9 Å². The van der Waals surface area contributed by atoms with Crippen LogP contribution in [-0.4, -0.2) is 18.0 Å². The molecule has 1 aliphatic rings. The first-order valence-electron chi connectivity index (χ1n) is 6.23. The molecule has 0 saturated carbocycles. The Labute approximate surface area is 109 Å². The van der Waals surface area contributed by atoms with Crippen molar-refractivity contribution in [1.82, 2.24) is 4.90 Å². The van der Waals surface area contributed by atoms with Crippen molar-refractivity contribution in [3.8, 4) is 0 Å². The van der Waals surface area contributed by atoms with Gasteiger partial charge in [0.15, 0.2) is 0 Å². The zero-order valence-corrected chi connectivity index (χ0v) is 11.4. The second kappa shape index (κ2) is 4.87. The average molecular weight is 253 g/mol. The van der Waals surface area contributed by atoms with Gasteiger partial charge in [-0.25, -0.2) is 0 Å². The van der Waals surface area contributed by atoms with E-state index >= 15 is 0 Å². The van der Waals surface area contributed by atoms with Crippen LogP contribution in [0.2, 0.25) is 5.02 Å². The molecule has 0 aliphatic carbocycles. The number of likely N-dealkylation sites (tertiary alicyclic amines) is 1. The minimum absolute atomic E-state index is 0.496. The average Bonchev–Trinajstić information content (AvgIpc) is 2.26. The molecule has 0 amide bonds. The molecule has 17 heavy (non-hydrogen) atoms. The van der Waals surface area contributed by atoms with Crippen molar-refractivity contribution >= 4 is 17.3 Å². The number of nitrogens with two attached hydrogens (primary N) is 1. The number of halogens is 1. The summed E-state index contributed by atoms with van der Waals surface area (Å²) in [6.07, 6.45) is 2.51. The molecule has 0 radical (unpaired) electrons. The van der Waals surface area contributed by atoms with Gasteiger partial charge in [0, 0.05) is 17.3 Å². The Balaban J connectivity index is 2.00. The third kappa shape index (κ3) is 3.36. The summed E-state index contributed by atoms with van der Waals surface area (Å²) in [6, 6.07) is 5.72. The van der Waals surface area contributed by atoms with E-state index in [4.69, 9.17) is 17.3 Å². The summed E-state index contributed by atoms with van der Waals surface area (Å²) in [5.41, 5.74) is 8.47. The monoisotopic (exact) mass is 252 g/mol. The Kier molecular flexibility index (Phi) is 3.64. The van der Waals surface area contributed by atoms with Crippen molar-refractivity contribution in [2.75, 3.05) is 18.8 Å². The topological polar surface area (TPSA) is 29.3 Å². The van der Waals surface area contributed by atoms with Crippen molar-refractivity contribution in [2.24, 2.45) is 5.41 Å². The number of nitrogen functional groups attached to an aromatic ring is 1. The van der Waals surface area contributed by atoms with E-state index in [1.54, 1.807) is 0 Å². The maximum atomic E-state index is 6.01. The van der Waals surface area contributed by atoms with Gasteiger partial charge in [-0.3, -0.25) is 4.90 Å². The number of rotatable bonds is 2. The van der Waals surface area contributed by atoms with Gasteiger partial charge in [-0.05, 0) is 55.1 Å². The van der Waals surface area contributed by atoms with Crippen LogP contribution in [0.4, 0.5) is 5.69 Å². The molecule has 1 aliphatic heterocycles. The highest BCUT2D eigenvalue weighted by Gasteiger charge is 2.25. The Bertz CT molecular complexity index is 391. The highest BCUT2D eigenvalue weighted by atomic mass is 35.5. The number of piperidine rings is 1. The molecule has 2 nitrogen and oxygen atoms in total. The van der Waals surface area contributed by atoms with Crippen LogP contribution in [-0.2, 0) is 6.54 Å². The molecule has 0 aromatic heterocycles. The lowest BCUT2D eigenvalue weighted by atomic mass is 9.82. The van der Waals surface area contributed by atoms with Crippen LogP contribution in [0.3, 0.4) is 0 Å². The van der Waals surface area contributed by atoms with Gasteiger partial charge in [-0.1, -0.05) is 25.4 Å². The van der Waals surface area contributed by atoms with Gasteiger partial charge >= 0.3 is 0 Å². The molecule has 0 bridgehead atoms. The maximum Gasteiger partial charge on any atom is 0.0410 e. The number of benzene rings is 1. The fourth-order valence-corrected chi connectivity index (χ4v) is 2.46. The molecule has 3 heteroatoms. The van der Waals surface area contributed by atoms with Crippen LogP contribution in [0, 0.1) is 5.41 Å².